The first-order valence-electron chi connectivity index (χ1n) is 5.91. The van der Waals surface area contributed by atoms with Crippen LogP contribution in [-0.2, 0) is 4.79 Å². The van der Waals surface area contributed by atoms with Crippen LogP contribution in [0.15, 0.2) is 54.6 Å². The summed E-state index contributed by atoms with van der Waals surface area (Å²) in [5.41, 5.74) is 0.799. The first-order valence-corrected chi connectivity index (χ1v) is 5.91. The molecule has 0 heterocycles. The van der Waals surface area contributed by atoms with Gasteiger partial charge >= 0.3 is 0 Å². The maximum Gasteiger partial charge on any atom is 0.264 e. The van der Waals surface area contributed by atoms with E-state index in [-0.39, 0.29) is 18.3 Å². The molecule has 4 nitrogen and oxygen atoms in total. The molecular weight excluding hydrogens is 242 g/mol. The second-order valence-corrected chi connectivity index (χ2v) is 4.04. The summed E-state index contributed by atoms with van der Waals surface area (Å²) in [6.45, 7) is -0.122. The summed E-state index contributed by atoms with van der Waals surface area (Å²) in [6, 6.07) is 15.9. The lowest BCUT2D eigenvalue weighted by Crippen LogP contribution is -2.31. The zero-order chi connectivity index (χ0) is 13.7. The van der Waals surface area contributed by atoms with Crippen LogP contribution in [0.1, 0.15) is 0 Å². The number of ether oxygens (including phenoxy) is 1. The van der Waals surface area contributed by atoms with Crippen LogP contribution in [0.2, 0.25) is 0 Å². The molecule has 2 rings (SSSR count). The van der Waals surface area contributed by atoms with Gasteiger partial charge in [0.25, 0.3) is 5.91 Å². The largest absolute Gasteiger partial charge is 0.504 e. The van der Waals surface area contributed by atoms with E-state index < -0.39 is 0 Å². The van der Waals surface area contributed by atoms with E-state index in [1.165, 1.54) is 11.0 Å². The van der Waals surface area contributed by atoms with Crippen LogP contribution in [0.5, 0.6) is 11.5 Å². The van der Waals surface area contributed by atoms with E-state index in [1.807, 2.05) is 30.3 Å². The summed E-state index contributed by atoms with van der Waals surface area (Å²) in [6.07, 6.45) is 0. The van der Waals surface area contributed by atoms with E-state index in [0.717, 1.165) is 5.69 Å². The lowest BCUT2D eigenvalue weighted by atomic mass is 10.3. The molecule has 0 aliphatic rings. The molecule has 0 radical (unpaired) electrons. The SMILES string of the molecule is CN(C(=O)COc1ccccc1O)c1ccccc1. The molecular formula is C15H15NO3. The van der Waals surface area contributed by atoms with Crippen molar-refractivity contribution in [2.24, 2.45) is 0 Å². The smallest absolute Gasteiger partial charge is 0.264 e. The molecule has 0 saturated heterocycles. The van der Waals surface area contributed by atoms with Crippen molar-refractivity contribution in [3.05, 3.63) is 54.6 Å². The third kappa shape index (κ3) is 3.25. The molecule has 0 aromatic heterocycles. The Bertz CT molecular complexity index is 554. The van der Waals surface area contributed by atoms with E-state index in [9.17, 15) is 9.90 Å². The van der Waals surface area contributed by atoms with Crippen molar-refractivity contribution in [1.82, 2.24) is 0 Å². The lowest BCUT2D eigenvalue weighted by Gasteiger charge is -2.17. The van der Waals surface area contributed by atoms with Gasteiger partial charge in [-0.1, -0.05) is 30.3 Å². The summed E-state index contributed by atoms with van der Waals surface area (Å²) in [5, 5.41) is 9.53. The van der Waals surface area contributed by atoms with Gasteiger partial charge in [-0.05, 0) is 24.3 Å². The molecule has 0 saturated carbocycles. The highest BCUT2D eigenvalue weighted by atomic mass is 16.5. The Morgan fingerprint density at radius 3 is 2.42 bits per heavy atom. The van der Waals surface area contributed by atoms with E-state index in [2.05, 4.69) is 0 Å². The van der Waals surface area contributed by atoms with Gasteiger partial charge in [-0.25, -0.2) is 0 Å². The third-order valence-corrected chi connectivity index (χ3v) is 2.73. The summed E-state index contributed by atoms with van der Waals surface area (Å²) in [4.78, 5) is 13.5. The number of amides is 1. The van der Waals surface area contributed by atoms with E-state index in [1.54, 1.807) is 25.2 Å². The molecule has 0 atom stereocenters. The van der Waals surface area contributed by atoms with Crippen LogP contribution in [0.4, 0.5) is 5.69 Å². The van der Waals surface area contributed by atoms with Crippen molar-refractivity contribution >= 4 is 11.6 Å². The fourth-order valence-corrected chi connectivity index (χ4v) is 1.61. The van der Waals surface area contributed by atoms with Crippen molar-refractivity contribution in [2.75, 3.05) is 18.6 Å². The zero-order valence-corrected chi connectivity index (χ0v) is 10.6. The number of phenols is 1. The van der Waals surface area contributed by atoms with Gasteiger partial charge in [-0.2, -0.15) is 0 Å². The predicted octanol–water partition coefficient (Wildman–Crippen LogP) is 2.43. The normalized spacial score (nSPS) is 9.95. The predicted molar refractivity (Wildman–Crippen MR) is 73.5 cm³/mol. The van der Waals surface area contributed by atoms with Crippen LogP contribution in [0.25, 0.3) is 0 Å². The number of nitrogens with zero attached hydrogens (tertiary/aromatic N) is 1. The minimum atomic E-state index is -0.186. The minimum absolute atomic E-state index is 0.0256. The topological polar surface area (TPSA) is 49.8 Å². The molecule has 19 heavy (non-hydrogen) atoms. The van der Waals surface area contributed by atoms with Gasteiger partial charge in [0, 0.05) is 12.7 Å². The standard InChI is InChI=1S/C15H15NO3/c1-16(12-7-3-2-4-8-12)15(18)11-19-14-10-6-5-9-13(14)17/h2-10,17H,11H2,1H3. The van der Waals surface area contributed by atoms with Crippen molar-refractivity contribution in [2.45, 2.75) is 0 Å². The number of likely N-dealkylation sites (N-methyl/N-ethyl adjacent to an activating group) is 1. The monoisotopic (exact) mass is 257 g/mol. The third-order valence-electron chi connectivity index (χ3n) is 2.73. The Kier molecular flexibility index (Phi) is 4.03. The van der Waals surface area contributed by atoms with Gasteiger partial charge in [0.1, 0.15) is 0 Å². The average Bonchev–Trinajstić information content (AvgIpc) is 2.46. The fraction of sp³-hybridized carbons (Fsp3) is 0.133. The van der Waals surface area contributed by atoms with Gasteiger partial charge in [0.15, 0.2) is 18.1 Å². The van der Waals surface area contributed by atoms with Crippen LogP contribution >= 0.6 is 0 Å². The number of rotatable bonds is 4. The van der Waals surface area contributed by atoms with Crippen LogP contribution in [0.3, 0.4) is 0 Å². The summed E-state index contributed by atoms with van der Waals surface area (Å²) in [5.74, 6) is 0.143. The molecule has 0 fully saturated rings. The average molecular weight is 257 g/mol. The molecule has 0 unspecified atom stereocenters. The lowest BCUT2D eigenvalue weighted by molar-refractivity contribution is -0.120. The number of hydrogen-bond acceptors (Lipinski definition) is 3. The number of carbonyl (C=O) groups excluding carboxylic acids is 1. The highest BCUT2D eigenvalue weighted by Gasteiger charge is 2.12. The fourth-order valence-electron chi connectivity index (χ4n) is 1.61. The van der Waals surface area contributed by atoms with Crippen molar-refractivity contribution in [3.8, 4) is 11.5 Å². The van der Waals surface area contributed by atoms with Crippen molar-refractivity contribution in [3.63, 3.8) is 0 Å². The molecule has 0 aliphatic carbocycles. The quantitative estimate of drug-likeness (QED) is 0.915. The molecule has 4 heteroatoms. The molecule has 2 aromatic rings. The summed E-state index contributed by atoms with van der Waals surface area (Å²) < 4.78 is 5.30. The number of benzene rings is 2. The molecule has 0 bridgehead atoms. The van der Waals surface area contributed by atoms with Gasteiger partial charge < -0.3 is 14.7 Å². The highest BCUT2D eigenvalue weighted by molar-refractivity contribution is 5.93. The Hall–Kier alpha value is -2.49. The maximum atomic E-state index is 11.9. The number of para-hydroxylation sites is 3. The van der Waals surface area contributed by atoms with Gasteiger partial charge in [-0.3, -0.25) is 4.79 Å². The number of carbonyl (C=O) groups is 1. The van der Waals surface area contributed by atoms with Crippen molar-refractivity contribution in [1.29, 1.82) is 0 Å². The van der Waals surface area contributed by atoms with Crippen LogP contribution in [-0.4, -0.2) is 24.7 Å². The van der Waals surface area contributed by atoms with Gasteiger partial charge in [0.05, 0.1) is 0 Å². The summed E-state index contributed by atoms with van der Waals surface area (Å²) >= 11 is 0. The molecule has 2 aromatic carbocycles. The Morgan fingerprint density at radius 2 is 1.74 bits per heavy atom. The molecule has 0 spiro atoms. The van der Waals surface area contributed by atoms with E-state index >= 15 is 0 Å². The number of hydrogen-bond donors (Lipinski definition) is 1. The molecule has 1 N–H and O–H groups in total. The highest BCUT2D eigenvalue weighted by Crippen LogP contribution is 2.24. The minimum Gasteiger partial charge on any atom is -0.504 e. The Morgan fingerprint density at radius 1 is 1.11 bits per heavy atom. The first-order chi connectivity index (χ1) is 9.18. The summed E-state index contributed by atoms with van der Waals surface area (Å²) in [7, 11) is 1.69. The molecule has 98 valence electrons. The van der Waals surface area contributed by atoms with E-state index in [0.29, 0.717) is 5.75 Å². The van der Waals surface area contributed by atoms with Crippen molar-refractivity contribution < 1.29 is 14.6 Å². The van der Waals surface area contributed by atoms with Crippen LogP contribution in [0, 0.1) is 0 Å². The van der Waals surface area contributed by atoms with E-state index in [4.69, 9.17) is 4.74 Å². The number of phenolic OH excluding ortho intramolecular Hbond substituents is 1. The Labute approximate surface area is 111 Å². The number of anilines is 1. The van der Waals surface area contributed by atoms with Gasteiger partial charge in [-0.15, -0.1) is 0 Å². The zero-order valence-electron chi connectivity index (χ0n) is 10.6. The van der Waals surface area contributed by atoms with Gasteiger partial charge in [0.2, 0.25) is 0 Å². The second kappa shape index (κ2) is 5.91. The maximum absolute atomic E-state index is 11.9. The molecule has 1 amide bonds. The van der Waals surface area contributed by atoms with Crippen LogP contribution < -0.4 is 9.64 Å². The molecule has 0 aliphatic heterocycles. The second-order valence-electron chi connectivity index (χ2n) is 4.04. The first kappa shape index (κ1) is 13.0. The Balaban J connectivity index is 1.97. The number of aromatic hydroxyl groups is 1.